The fourth-order valence-corrected chi connectivity index (χ4v) is 1.61. The van der Waals surface area contributed by atoms with Crippen LogP contribution in [0.15, 0.2) is 36.1 Å². The predicted octanol–water partition coefficient (Wildman–Crippen LogP) is 1.36. The predicted molar refractivity (Wildman–Crippen MR) is 48.4 cm³/mol. The Labute approximate surface area is 72.4 Å². The zero-order valence-corrected chi connectivity index (χ0v) is 6.94. The van der Waals surface area contributed by atoms with Gasteiger partial charge in [-0.3, -0.25) is 0 Å². The van der Waals surface area contributed by atoms with Crippen molar-refractivity contribution in [2.75, 3.05) is 6.54 Å². The third kappa shape index (κ3) is 1.30. The minimum atomic E-state index is 0.242. The van der Waals surface area contributed by atoms with E-state index in [4.69, 9.17) is 10.5 Å². The van der Waals surface area contributed by atoms with Crippen LogP contribution in [0.3, 0.4) is 0 Å². The first-order chi connectivity index (χ1) is 5.90. The fourth-order valence-electron chi connectivity index (χ4n) is 1.61. The Morgan fingerprint density at radius 2 is 2.33 bits per heavy atom. The maximum atomic E-state index is 5.47. The number of hydrogen-bond donors (Lipinski definition) is 1. The van der Waals surface area contributed by atoms with Gasteiger partial charge in [0.1, 0.15) is 6.10 Å². The highest BCUT2D eigenvalue weighted by Crippen LogP contribution is 2.26. The summed E-state index contributed by atoms with van der Waals surface area (Å²) in [6.45, 7) is 0.720. The van der Waals surface area contributed by atoms with Gasteiger partial charge in [-0.25, -0.2) is 0 Å². The lowest BCUT2D eigenvalue weighted by Crippen LogP contribution is -2.15. The summed E-state index contributed by atoms with van der Waals surface area (Å²) >= 11 is 0. The number of nitrogens with two attached hydrogens (primary N) is 1. The molecule has 2 heteroatoms. The van der Waals surface area contributed by atoms with Crippen molar-refractivity contribution in [1.82, 2.24) is 0 Å². The molecule has 2 aliphatic rings. The molecular weight excluding hydrogens is 150 g/mol. The van der Waals surface area contributed by atoms with Crippen molar-refractivity contribution in [1.29, 1.82) is 0 Å². The summed E-state index contributed by atoms with van der Waals surface area (Å²) in [6.07, 6.45) is 11.5. The minimum absolute atomic E-state index is 0.242. The Kier molecular flexibility index (Phi) is 2.00. The minimum Gasteiger partial charge on any atom is -0.493 e. The highest BCUT2D eigenvalue weighted by molar-refractivity contribution is 5.30. The Hall–Kier alpha value is -1.02. The molecule has 0 saturated heterocycles. The topological polar surface area (TPSA) is 35.2 Å². The summed E-state index contributed by atoms with van der Waals surface area (Å²) in [5.74, 6) is 0.441. The van der Waals surface area contributed by atoms with Crippen molar-refractivity contribution < 1.29 is 4.74 Å². The summed E-state index contributed by atoms with van der Waals surface area (Å²) < 4.78 is 5.34. The molecule has 2 unspecified atom stereocenters. The van der Waals surface area contributed by atoms with E-state index in [1.807, 2.05) is 0 Å². The van der Waals surface area contributed by atoms with E-state index in [1.54, 1.807) is 6.26 Å². The van der Waals surface area contributed by atoms with Crippen LogP contribution in [0.1, 0.15) is 6.42 Å². The average Bonchev–Trinajstić information content (AvgIpc) is 2.51. The third-order valence-electron chi connectivity index (χ3n) is 2.26. The van der Waals surface area contributed by atoms with Gasteiger partial charge in [0.25, 0.3) is 0 Å². The van der Waals surface area contributed by atoms with Crippen LogP contribution in [0.2, 0.25) is 0 Å². The van der Waals surface area contributed by atoms with E-state index < -0.39 is 0 Å². The van der Waals surface area contributed by atoms with Crippen LogP contribution in [0.25, 0.3) is 0 Å². The fraction of sp³-hybridized carbons (Fsp3) is 0.400. The number of rotatable bonds is 2. The number of ether oxygens (including phenoxy) is 1. The van der Waals surface area contributed by atoms with E-state index in [0.29, 0.717) is 5.92 Å². The molecule has 0 saturated carbocycles. The van der Waals surface area contributed by atoms with Gasteiger partial charge in [0, 0.05) is 5.92 Å². The molecule has 1 aliphatic carbocycles. The molecule has 1 aliphatic heterocycles. The highest BCUT2D eigenvalue weighted by Gasteiger charge is 2.22. The van der Waals surface area contributed by atoms with Crippen LogP contribution in [0, 0.1) is 5.92 Å². The number of hydrogen-bond acceptors (Lipinski definition) is 2. The molecule has 1 heterocycles. The smallest absolute Gasteiger partial charge is 0.126 e. The molecule has 2 N–H and O–H groups in total. The van der Waals surface area contributed by atoms with Crippen LogP contribution >= 0.6 is 0 Å². The van der Waals surface area contributed by atoms with Crippen molar-refractivity contribution in [3.63, 3.8) is 0 Å². The highest BCUT2D eigenvalue weighted by atomic mass is 16.5. The first kappa shape index (κ1) is 7.62. The van der Waals surface area contributed by atoms with Gasteiger partial charge in [0.2, 0.25) is 0 Å². The second-order valence-corrected chi connectivity index (χ2v) is 3.15. The first-order valence-electron chi connectivity index (χ1n) is 4.31. The largest absolute Gasteiger partial charge is 0.493 e. The second kappa shape index (κ2) is 3.15. The van der Waals surface area contributed by atoms with Gasteiger partial charge in [-0.2, -0.15) is 0 Å². The summed E-state index contributed by atoms with van der Waals surface area (Å²) in [7, 11) is 0. The molecular formula is C10H13NO. The van der Waals surface area contributed by atoms with Gasteiger partial charge >= 0.3 is 0 Å². The van der Waals surface area contributed by atoms with E-state index in [1.165, 1.54) is 5.57 Å². The van der Waals surface area contributed by atoms with Crippen LogP contribution in [0.5, 0.6) is 0 Å². The maximum Gasteiger partial charge on any atom is 0.126 e. The SMILES string of the molecule is NCCC1=CC2C=COC2C=C1. The molecule has 12 heavy (non-hydrogen) atoms. The molecule has 0 aromatic carbocycles. The van der Waals surface area contributed by atoms with Crippen molar-refractivity contribution in [2.45, 2.75) is 12.5 Å². The maximum absolute atomic E-state index is 5.47. The van der Waals surface area contributed by atoms with E-state index in [9.17, 15) is 0 Å². The zero-order valence-electron chi connectivity index (χ0n) is 6.94. The van der Waals surface area contributed by atoms with Gasteiger partial charge in [-0.05, 0) is 25.1 Å². The van der Waals surface area contributed by atoms with Crippen molar-refractivity contribution >= 4 is 0 Å². The van der Waals surface area contributed by atoms with Crippen LogP contribution in [-0.2, 0) is 4.74 Å². The van der Waals surface area contributed by atoms with Crippen molar-refractivity contribution in [2.24, 2.45) is 11.7 Å². The summed E-state index contributed by atoms with van der Waals surface area (Å²) in [5.41, 5.74) is 6.80. The van der Waals surface area contributed by atoms with Crippen LogP contribution < -0.4 is 5.73 Å². The quantitative estimate of drug-likeness (QED) is 0.667. The van der Waals surface area contributed by atoms with Gasteiger partial charge in [-0.15, -0.1) is 0 Å². The molecule has 2 nitrogen and oxygen atoms in total. The summed E-state index contributed by atoms with van der Waals surface area (Å²) in [5, 5.41) is 0. The lowest BCUT2D eigenvalue weighted by atomic mass is 9.93. The summed E-state index contributed by atoms with van der Waals surface area (Å²) in [6, 6.07) is 0. The molecule has 0 amide bonds. The molecule has 2 atom stereocenters. The molecule has 2 rings (SSSR count). The Morgan fingerprint density at radius 3 is 3.17 bits per heavy atom. The van der Waals surface area contributed by atoms with E-state index >= 15 is 0 Å². The second-order valence-electron chi connectivity index (χ2n) is 3.15. The van der Waals surface area contributed by atoms with Gasteiger partial charge in [-0.1, -0.05) is 17.7 Å². The van der Waals surface area contributed by atoms with Crippen LogP contribution in [-0.4, -0.2) is 12.6 Å². The Bertz CT molecular complexity index is 253. The Balaban J connectivity index is 2.09. The normalized spacial score (nSPS) is 31.2. The van der Waals surface area contributed by atoms with E-state index in [0.717, 1.165) is 13.0 Å². The zero-order chi connectivity index (χ0) is 8.39. The average molecular weight is 163 g/mol. The van der Waals surface area contributed by atoms with Crippen LogP contribution in [0.4, 0.5) is 0 Å². The van der Waals surface area contributed by atoms with Gasteiger partial charge in [0.15, 0.2) is 0 Å². The van der Waals surface area contributed by atoms with E-state index in [2.05, 4.69) is 24.3 Å². The molecule has 0 fully saturated rings. The number of fused-ring (bicyclic) bond motifs is 1. The monoisotopic (exact) mass is 163 g/mol. The molecule has 0 bridgehead atoms. The van der Waals surface area contributed by atoms with Gasteiger partial charge < -0.3 is 10.5 Å². The van der Waals surface area contributed by atoms with Crippen molar-refractivity contribution in [3.05, 3.63) is 36.1 Å². The molecule has 0 aromatic rings. The van der Waals surface area contributed by atoms with Crippen molar-refractivity contribution in [3.8, 4) is 0 Å². The Morgan fingerprint density at radius 1 is 1.42 bits per heavy atom. The first-order valence-corrected chi connectivity index (χ1v) is 4.31. The third-order valence-corrected chi connectivity index (χ3v) is 2.26. The van der Waals surface area contributed by atoms with E-state index in [-0.39, 0.29) is 6.10 Å². The molecule has 0 spiro atoms. The lowest BCUT2D eigenvalue weighted by Gasteiger charge is -2.17. The molecule has 0 aromatic heterocycles. The molecule has 64 valence electrons. The van der Waals surface area contributed by atoms with Gasteiger partial charge in [0.05, 0.1) is 6.26 Å². The lowest BCUT2D eigenvalue weighted by molar-refractivity contribution is 0.191. The number of allylic oxidation sites excluding steroid dienone is 1. The summed E-state index contributed by atoms with van der Waals surface area (Å²) in [4.78, 5) is 0. The molecule has 0 radical (unpaired) electrons. The standard InChI is InChI=1S/C10H13NO/c11-5-3-8-1-2-10-9(7-8)4-6-12-10/h1-2,4,6-7,9-10H,3,5,11H2.